The Bertz CT molecular complexity index is 2440. The molecule has 0 fully saturated rings. The van der Waals surface area contributed by atoms with Crippen molar-refractivity contribution in [1.82, 2.24) is 19.5 Å². The normalized spacial score (nSPS) is 11.6. The van der Waals surface area contributed by atoms with Crippen LogP contribution in [0.15, 0.2) is 146 Å². The zero-order valence-corrected chi connectivity index (χ0v) is 24.4. The lowest BCUT2D eigenvalue weighted by Crippen LogP contribution is -2.00. The van der Waals surface area contributed by atoms with Gasteiger partial charge in [-0.2, -0.15) is 0 Å². The molecule has 0 unspecified atom stereocenters. The Balaban J connectivity index is 1.33. The lowest BCUT2D eigenvalue weighted by Gasteiger charge is -2.12. The Kier molecular flexibility index (Phi) is 5.64. The summed E-state index contributed by atoms with van der Waals surface area (Å²) in [4.78, 5) is 14.9. The van der Waals surface area contributed by atoms with Crippen LogP contribution in [0.5, 0.6) is 0 Å². The summed E-state index contributed by atoms with van der Waals surface area (Å²) in [6.07, 6.45) is 0. The van der Waals surface area contributed by atoms with E-state index < -0.39 is 0 Å². The average Bonchev–Trinajstić information content (AvgIpc) is 3.64. The van der Waals surface area contributed by atoms with Crippen LogP contribution in [0, 0.1) is 0 Å². The number of aromatic nitrogens is 4. The van der Waals surface area contributed by atoms with Gasteiger partial charge in [0.2, 0.25) is 0 Å². The number of para-hydroxylation sites is 1. The minimum atomic E-state index is 0.649. The number of hydrogen-bond acceptors (Lipinski definition) is 4. The molecule has 0 bridgehead atoms. The Labute approximate surface area is 257 Å². The van der Waals surface area contributed by atoms with Gasteiger partial charge in [0.05, 0.1) is 16.7 Å². The first-order valence-electron chi connectivity index (χ1n) is 14.6. The van der Waals surface area contributed by atoms with Crippen LogP contribution in [-0.2, 0) is 0 Å². The summed E-state index contributed by atoms with van der Waals surface area (Å²) in [5, 5.41) is 4.97. The second kappa shape index (κ2) is 9.97. The summed E-state index contributed by atoms with van der Waals surface area (Å²) in [6, 6.07) is 50.8. The van der Waals surface area contributed by atoms with Gasteiger partial charge in [0.1, 0.15) is 0 Å². The molecule has 9 rings (SSSR count). The highest BCUT2D eigenvalue weighted by Gasteiger charge is 2.19. The third kappa shape index (κ3) is 3.94. The van der Waals surface area contributed by atoms with Crippen LogP contribution in [0.4, 0.5) is 0 Å². The topological polar surface area (TPSA) is 43.6 Å². The minimum absolute atomic E-state index is 0.649. The van der Waals surface area contributed by atoms with Gasteiger partial charge in [-0.05, 0) is 30.3 Å². The highest BCUT2D eigenvalue weighted by molar-refractivity contribution is 7.25. The maximum Gasteiger partial charge on any atom is 0.164 e. The molecule has 0 aliphatic carbocycles. The Morgan fingerprint density at radius 3 is 1.70 bits per heavy atom. The van der Waals surface area contributed by atoms with Crippen molar-refractivity contribution in [2.24, 2.45) is 0 Å². The molecular formula is C39H24N4S. The number of hydrogen-bond donors (Lipinski definition) is 0. The van der Waals surface area contributed by atoms with Gasteiger partial charge in [-0.1, -0.05) is 115 Å². The lowest BCUT2D eigenvalue weighted by molar-refractivity contribution is 1.07. The molecule has 0 saturated carbocycles. The van der Waals surface area contributed by atoms with E-state index in [1.54, 1.807) is 0 Å². The summed E-state index contributed by atoms with van der Waals surface area (Å²) in [7, 11) is 0. The Hall–Kier alpha value is -5.65. The molecule has 0 atom stereocenters. The van der Waals surface area contributed by atoms with Crippen molar-refractivity contribution in [2.75, 3.05) is 0 Å². The first-order valence-corrected chi connectivity index (χ1v) is 15.4. The van der Waals surface area contributed by atoms with E-state index in [-0.39, 0.29) is 0 Å². The largest absolute Gasteiger partial charge is 0.309 e. The standard InChI is InChI=1S/C39H24N4S/c1-3-12-25(13-4-1)37-40-38(26-14-5-2-6-15-26)42-39(41-37)27-22-23-29-28-16-7-9-18-31(28)43(33(29)24-27)32-19-11-21-35-36(32)30-17-8-10-20-34(30)44-35/h1-24H. The Morgan fingerprint density at radius 2 is 0.977 bits per heavy atom. The molecule has 3 heterocycles. The van der Waals surface area contributed by atoms with Gasteiger partial charge in [0.15, 0.2) is 17.5 Å². The number of nitrogens with zero attached hydrogens (tertiary/aromatic N) is 4. The predicted molar refractivity (Wildman–Crippen MR) is 183 cm³/mol. The van der Waals surface area contributed by atoms with Crippen LogP contribution in [0.3, 0.4) is 0 Å². The summed E-state index contributed by atoms with van der Waals surface area (Å²) in [5.74, 6) is 1.96. The van der Waals surface area contributed by atoms with E-state index in [1.165, 1.54) is 42.1 Å². The van der Waals surface area contributed by atoms with Crippen LogP contribution in [0.1, 0.15) is 0 Å². The van der Waals surface area contributed by atoms with Gasteiger partial charge in [0, 0.05) is 47.6 Å². The van der Waals surface area contributed by atoms with E-state index >= 15 is 0 Å². The molecule has 0 aliphatic heterocycles. The quantitative estimate of drug-likeness (QED) is 0.208. The molecule has 5 heteroatoms. The number of rotatable bonds is 4. The van der Waals surface area contributed by atoms with Crippen molar-refractivity contribution in [3.63, 3.8) is 0 Å². The molecule has 0 amide bonds. The molecule has 4 nitrogen and oxygen atoms in total. The molecule has 0 aliphatic rings. The van der Waals surface area contributed by atoms with E-state index in [1.807, 2.05) is 72.0 Å². The van der Waals surface area contributed by atoms with Gasteiger partial charge < -0.3 is 4.57 Å². The van der Waals surface area contributed by atoms with Gasteiger partial charge in [-0.15, -0.1) is 11.3 Å². The molecule has 0 N–H and O–H groups in total. The van der Waals surface area contributed by atoms with Crippen LogP contribution < -0.4 is 0 Å². The van der Waals surface area contributed by atoms with Crippen LogP contribution in [-0.4, -0.2) is 19.5 Å². The minimum Gasteiger partial charge on any atom is -0.309 e. The Morgan fingerprint density at radius 1 is 0.409 bits per heavy atom. The fourth-order valence-electron chi connectivity index (χ4n) is 6.25. The summed E-state index contributed by atoms with van der Waals surface area (Å²) in [5.41, 5.74) is 6.33. The van der Waals surface area contributed by atoms with Crippen molar-refractivity contribution in [3.8, 4) is 39.9 Å². The summed E-state index contributed by atoms with van der Waals surface area (Å²) >= 11 is 1.84. The molecule has 3 aromatic heterocycles. The fourth-order valence-corrected chi connectivity index (χ4v) is 7.38. The number of thiophene rings is 1. The first-order chi connectivity index (χ1) is 21.8. The summed E-state index contributed by atoms with van der Waals surface area (Å²) in [6.45, 7) is 0. The molecular weight excluding hydrogens is 557 g/mol. The SMILES string of the molecule is c1ccc(-c2nc(-c3ccccc3)nc(-c3ccc4c5ccccc5n(-c5cccc6sc7ccccc7c56)c4c3)n2)cc1. The van der Waals surface area contributed by atoms with E-state index in [0.29, 0.717) is 17.5 Å². The van der Waals surface area contributed by atoms with Crippen molar-refractivity contribution in [2.45, 2.75) is 0 Å². The number of benzene rings is 6. The van der Waals surface area contributed by atoms with Crippen molar-refractivity contribution in [1.29, 1.82) is 0 Å². The monoisotopic (exact) mass is 580 g/mol. The van der Waals surface area contributed by atoms with Crippen LogP contribution in [0.2, 0.25) is 0 Å². The zero-order chi connectivity index (χ0) is 29.0. The third-order valence-corrected chi connectivity index (χ3v) is 9.39. The van der Waals surface area contributed by atoms with Gasteiger partial charge in [-0.25, -0.2) is 15.0 Å². The first kappa shape index (κ1) is 24.9. The molecule has 0 spiro atoms. The van der Waals surface area contributed by atoms with E-state index in [9.17, 15) is 0 Å². The van der Waals surface area contributed by atoms with E-state index in [4.69, 9.17) is 15.0 Å². The maximum absolute atomic E-state index is 5.02. The molecule has 44 heavy (non-hydrogen) atoms. The van der Waals surface area contributed by atoms with Crippen molar-refractivity contribution >= 4 is 53.3 Å². The van der Waals surface area contributed by atoms with Crippen molar-refractivity contribution in [3.05, 3.63) is 146 Å². The van der Waals surface area contributed by atoms with E-state index in [2.05, 4.69) is 89.5 Å². The second-order valence-electron chi connectivity index (χ2n) is 10.9. The van der Waals surface area contributed by atoms with Gasteiger partial charge in [-0.3, -0.25) is 0 Å². The molecule has 206 valence electrons. The predicted octanol–water partition coefficient (Wildman–Crippen LogP) is 10.3. The highest BCUT2D eigenvalue weighted by Crippen LogP contribution is 2.41. The van der Waals surface area contributed by atoms with Gasteiger partial charge >= 0.3 is 0 Å². The maximum atomic E-state index is 5.02. The van der Waals surface area contributed by atoms with Crippen LogP contribution in [0.25, 0.3) is 81.8 Å². The highest BCUT2D eigenvalue weighted by atomic mass is 32.1. The van der Waals surface area contributed by atoms with Crippen LogP contribution >= 0.6 is 11.3 Å². The molecule has 9 aromatic rings. The van der Waals surface area contributed by atoms with E-state index in [0.717, 1.165) is 22.2 Å². The average molecular weight is 581 g/mol. The zero-order valence-electron chi connectivity index (χ0n) is 23.6. The molecule has 0 radical (unpaired) electrons. The lowest BCUT2D eigenvalue weighted by atomic mass is 10.1. The second-order valence-corrected chi connectivity index (χ2v) is 12.0. The van der Waals surface area contributed by atoms with Gasteiger partial charge in [0.25, 0.3) is 0 Å². The fraction of sp³-hybridized carbons (Fsp3) is 0. The summed E-state index contributed by atoms with van der Waals surface area (Å²) < 4.78 is 4.99. The molecule has 0 saturated heterocycles. The number of fused-ring (bicyclic) bond motifs is 6. The molecule has 6 aromatic carbocycles. The third-order valence-electron chi connectivity index (χ3n) is 8.25. The smallest absolute Gasteiger partial charge is 0.164 e. The van der Waals surface area contributed by atoms with Crippen molar-refractivity contribution < 1.29 is 0 Å².